The average molecular weight is 279 g/mol. The van der Waals surface area contributed by atoms with Crippen LogP contribution in [-0.2, 0) is 0 Å². The van der Waals surface area contributed by atoms with E-state index in [0.717, 1.165) is 6.07 Å². The standard InChI is InChI=1S/C11H12F3NO2S/c1-2-7(10(15)18)16-8-5-3-4-6-9(8)17-11(12,13)14/h3-7H,2H2,1H3,(H2,15,18). The molecule has 18 heavy (non-hydrogen) atoms. The molecule has 0 amide bonds. The molecule has 0 saturated carbocycles. The summed E-state index contributed by atoms with van der Waals surface area (Å²) in [5.41, 5.74) is 5.42. The molecular formula is C11H12F3NO2S. The maximum atomic E-state index is 12.2. The highest BCUT2D eigenvalue weighted by Gasteiger charge is 2.32. The van der Waals surface area contributed by atoms with Gasteiger partial charge in [0, 0.05) is 0 Å². The quantitative estimate of drug-likeness (QED) is 0.841. The van der Waals surface area contributed by atoms with Gasteiger partial charge in [0.05, 0.1) is 0 Å². The lowest BCUT2D eigenvalue weighted by Crippen LogP contribution is -2.31. The van der Waals surface area contributed by atoms with Crippen molar-refractivity contribution in [2.75, 3.05) is 0 Å². The summed E-state index contributed by atoms with van der Waals surface area (Å²) < 4.78 is 45.7. The second-order valence-electron chi connectivity index (χ2n) is 3.41. The number of thiocarbonyl (C=S) groups is 1. The Kier molecular flexibility index (Phi) is 4.77. The number of alkyl halides is 3. The molecule has 0 radical (unpaired) electrons. The minimum absolute atomic E-state index is 0.0468. The average Bonchev–Trinajstić information content (AvgIpc) is 2.25. The number of hydrogen-bond donors (Lipinski definition) is 1. The van der Waals surface area contributed by atoms with Gasteiger partial charge in [-0.15, -0.1) is 13.2 Å². The normalized spacial score (nSPS) is 12.9. The molecule has 1 unspecified atom stereocenters. The van der Waals surface area contributed by atoms with Gasteiger partial charge in [0.25, 0.3) is 0 Å². The third-order valence-electron chi connectivity index (χ3n) is 2.03. The Bertz CT molecular complexity index is 423. The van der Waals surface area contributed by atoms with Gasteiger partial charge in [-0.25, -0.2) is 0 Å². The van der Waals surface area contributed by atoms with Gasteiger partial charge in [-0.05, 0) is 18.6 Å². The van der Waals surface area contributed by atoms with Crippen LogP contribution in [0.5, 0.6) is 11.5 Å². The van der Waals surface area contributed by atoms with E-state index in [1.807, 2.05) is 0 Å². The summed E-state index contributed by atoms with van der Waals surface area (Å²) in [6, 6.07) is 5.47. The van der Waals surface area contributed by atoms with E-state index in [1.54, 1.807) is 6.92 Å². The van der Waals surface area contributed by atoms with Gasteiger partial charge in [0.15, 0.2) is 11.5 Å². The van der Waals surface area contributed by atoms with E-state index >= 15 is 0 Å². The Labute approximate surface area is 108 Å². The highest BCUT2D eigenvalue weighted by molar-refractivity contribution is 7.80. The van der Waals surface area contributed by atoms with Gasteiger partial charge in [0.1, 0.15) is 11.1 Å². The highest BCUT2D eigenvalue weighted by atomic mass is 32.1. The maximum Gasteiger partial charge on any atom is 0.573 e. The van der Waals surface area contributed by atoms with Crippen molar-refractivity contribution in [2.45, 2.75) is 25.8 Å². The summed E-state index contributed by atoms with van der Waals surface area (Å²) in [5.74, 6) is -0.464. The summed E-state index contributed by atoms with van der Waals surface area (Å²) in [5, 5.41) is 0. The molecule has 0 aromatic heterocycles. The largest absolute Gasteiger partial charge is 0.573 e. The Hall–Kier alpha value is -1.50. The number of para-hydroxylation sites is 2. The predicted molar refractivity (Wildman–Crippen MR) is 64.6 cm³/mol. The molecule has 0 bridgehead atoms. The van der Waals surface area contributed by atoms with E-state index in [1.165, 1.54) is 18.2 Å². The number of nitrogens with two attached hydrogens (primary N) is 1. The van der Waals surface area contributed by atoms with Gasteiger partial charge < -0.3 is 15.2 Å². The Morgan fingerprint density at radius 1 is 1.33 bits per heavy atom. The number of benzene rings is 1. The molecule has 0 aliphatic rings. The van der Waals surface area contributed by atoms with Crippen LogP contribution in [0.15, 0.2) is 24.3 Å². The van der Waals surface area contributed by atoms with Crippen molar-refractivity contribution in [1.82, 2.24) is 0 Å². The summed E-state index contributed by atoms with van der Waals surface area (Å²) in [7, 11) is 0. The van der Waals surface area contributed by atoms with E-state index in [0.29, 0.717) is 6.42 Å². The Balaban J connectivity index is 2.91. The summed E-state index contributed by atoms with van der Waals surface area (Å²) in [6.45, 7) is 1.76. The topological polar surface area (TPSA) is 44.5 Å². The van der Waals surface area contributed by atoms with Crippen molar-refractivity contribution in [3.63, 3.8) is 0 Å². The van der Waals surface area contributed by atoms with Crippen LogP contribution in [0.2, 0.25) is 0 Å². The first kappa shape index (κ1) is 14.6. The van der Waals surface area contributed by atoms with Gasteiger partial charge >= 0.3 is 6.36 Å². The van der Waals surface area contributed by atoms with Crippen LogP contribution < -0.4 is 15.2 Å². The predicted octanol–water partition coefficient (Wildman–Crippen LogP) is 3.03. The van der Waals surface area contributed by atoms with Gasteiger partial charge in [-0.3, -0.25) is 0 Å². The molecule has 0 heterocycles. The summed E-state index contributed by atoms with van der Waals surface area (Å²) >= 11 is 4.76. The molecule has 7 heteroatoms. The number of ether oxygens (including phenoxy) is 2. The van der Waals surface area contributed by atoms with Crippen LogP contribution in [0.1, 0.15) is 13.3 Å². The number of hydrogen-bond acceptors (Lipinski definition) is 3. The van der Waals surface area contributed by atoms with Gasteiger partial charge in [-0.1, -0.05) is 31.3 Å². The zero-order valence-corrected chi connectivity index (χ0v) is 10.3. The molecule has 1 aromatic rings. The molecule has 1 rings (SSSR count). The van der Waals surface area contributed by atoms with Crippen molar-refractivity contribution < 1.29 is 22.6 Å². The number of rotatable bonds is 5. The SMILES string of the molecule is CCC(Oc1ccccc1OC(F)(F)F)C(N)=S. The fourth-order valence-electron chi connectivity index (χ4n) is 1.25. The number of halogens is 3. The summed E-state index contributed by atoms with van der Waals surface area (Å²) in [6.07, 6.45) is -4.95. The lowest BCUT2D eigenvalue weighted by atomic mass is 10.2. The first-order chi connectivity index (χ1) is 8.33. The fraction of sp³-hybridized carbons (Fsp3) is 0.364. The molecule has 2 N–H and O–H groups in total. The van der Waals surface area contributed by atoms with Crippen molar-refractivity contribution in [3.05, 3.63) is 24.3 Å². The third-order valence-corrected chi connectivity index (χ3v) is 2.30. The molecule has 0 aliphatic carbocycles. The van der Waals surface area contributed by atoms with Crippen LogP contribution in [0.25, 0.3) is 0 Å². The van der Waals surface area contributed by atoms with E-state index in [2.05, 4.69) is 4.74 Å². The van der Waals surface area contributed by atoms with E-state index in [9.17, 15) is 13.2 Å². The Morgan fingerprint density at radius 2 is 1.89 bits per heavy atom. The van der Waals surface area contributed by atoms with E-state index in [4.69, 9.17) is 22.7 Å². The monoisotopic (exact) mass is 279 g/mol. The summed E-state index contributed by atoms with van der Waals surface area (Å²) in [4.78, 5) is 0.0827. The smallest absolute Gasteiger partial charge is 0.479 e. The van der Waals surface area contributed by atoms with Crippen LogP contribution in [-0.4, -0.2) is 17.5 Å². The van der Waals surface area contributed by atoms with Gasteiger partial charge in [-0.2, -0.15) is 0 Å². The minimum Gasteiger partial charge on any atom is -0.479 e. The lowest BCUT2D eigenvalue weighted by Gasteiger charge is -2.19. The van der Waals surface area contributed by atoms with Crippen molar-refractivity contribution >= 4 is 17.2 Å². The molecule has 3 nitrogen and oxygen atoms in total. The molecule has 0 saturated heterocycles. The molecule has 1 atom stereocenters. The first-order valence-electron chi connectivity index (χ1n) is 5.14. The van der Waals surface area contributed by atoms with Crippen LogP contribution in [0, 0.1) is 0 Å². The molecule has 1 aromatic carbocycles. The van der Waals surface area contributed by atoms with Crippen molar-refractivity contribution in [1.29, 1.82) is 0 Å². The van der Waals surface area contributed by atoms with Crippen molar-refractivity contribution in [3.8, 4) is 11.5 Å². The molecular weight excluding hydrogens is 267 g/mol. The second-order valence-corrected chi connectivity index (χ2v) is 3.88. The molecule has 0 aliphatic heterocycles. The first-order valence-corrected chi connectivity index (χ1v) is 5.55. The van der Waals surface area contributed by atoms with Crippen LogP contribution in [0.3, 0.4) is 0 Å². The van der Waals surface area contributed by atoms with Crippen molar-refractivity contribution in [2.24, 2.45) is 5.73 Å². The van der Waals surface area contributed by atoms with Crippen LogP contribution >= 0.6 is 12.2 Å². The fourth-order valence-corrected chi connectivity index (χ4v) is 1.47. The van der Waals surface area contributed by atoms with E-state index in [-0.39, 0.29) is 10.7 Å². The molecule has 0 fully saturated rings. The second kappa shape index (κ2) is 5.90. The molecule has 0 spiro atoms. The minimum atomic E-state index is -4.77. The lowest BCUT2D eigenvalue weighted by molar-refractivity contribution is -0.275. The third kappa shape index (κ3) is 4.40. The van der Waals surface area contributed by atoms with Crippen LogP contribution in [0.4, 0.5) is 13.2 Å². The zero-order valence-electron chi connectivity index (χ0n) is 9.53. The highest BCUT2D eigenvalue weighted by Crippen LogP contribution is 2.32. The van der Waals surface area contributed by atoms with E-state index < -0.39 is 18.2 Å². The molecule has 100 valence electrons. The maximum absolute atomic E-state index is 12.2. The van der Waals surface area contributed by atoms with Gasteiger partial charge in [0.2, 0.25) is 0 Å². The zero-order chi connectivity index (χ0) is 13.8. The Morgan fingerprint density at radius 3 is 2.33 bits per heavy atom.